The molecule has 0 unspecified atom stereocenters. The molecule has 0 atom stereocenters. The van der Waals surface area contributed by atoms with Gasteiger partial charge < -0.3 is 9.84 Å². The maximum absolute atomic E-state index is 6.10. The summed E-state index contributed by atoms with van der Waals surface area (Å²) in [6.07, 6.45) is 1.76. The number of hydrogen-bond acceptors (Lipinski definition) is 5. The molecule has 6 heteroatoms. The van der Waals surface area contributed by atoms with E-state index in [-0.39, 0.29) is 0 Å². The van der Waals surface area contributed by atoms with Gasteiger partial charge in [-0.15, -0.1) is 0 Å². The molecule has 2 heterocycles. The average Bonchev–Trinajstić information content (AvgIpc) is 2.81. The second-order valence-corrected chi connectivity index (χ2v) is 4.58. The summed E-state index contributed by atoms with van der Waals surface area (Å²) in [5.74, 6) is 0.594. The molecule has 5 nitrogen and oxygen atoms in total. The van der Waals surface area contributed by atoms with E-state index < -0.39 is 0 Å². The summed E-state index contributed by atoms with van der Waals surface area (Å²) in [4.78, 5) is 8.46. The van der Waals surface area contributed by atoms with Gasteiger partial charge in [-0.2, -0.15) is 4.98 Å². The number of nitrogens with one attached hydrogen (secondary N) is 1. The number of aryl methyl sites for hydroxylation is 1. The molecule has 0 bridgehead atoms. The zero-order chi connectivity index (χ0) is 13.2. The number of hydrogen-bond donors (Lipinski definition) is 1. The van der Waals surface area contributed by atoms with Crippen molar-refractivity contribution in [2.45, 2.75) is 13.5 Å². The maximum atomic E-state index is 6.10. The van der Waals surface area contributed by atoms with Crippen molar-refractivity contribution in [3.8, 4) is 0 Å². The van der Waals surface area contributed by atoms with E-state index in [0.29, 0.717) is 23.4 Å². The highest BCUT2D eigenvalue weighted by Crippen LogP contribution is 2.22. The summed E-state index contributed by atoms with van der Waals surface area (Å²) in [6, 6.07) is 8.03. The molecule has 0 aliphatic rings. The average molecular weight is 275 g/mol. The van der Waals surface area contributed by atoms with Crippen LogP contribution in [0.5, 0.6) is 0 Å². The van der Waals surface area contributed by atoms with Crippen molar-refractivity contribution in [1.82, 2.24) is 15.1 Å². The van der Waals surface area contributed by atoms with E-state index in [0.717, 1.165) is 16.5 Å². The second-order valence-electron chi connectivity index (χ2n) is 4.14. The van der Waals surface area contributed by atoms with Crippen LogP contribution in [0.15, 0.2) is 35.0 Å². The summed E-state index contributed by atoms with van der Waals surface area (Å²) in [5, 5.41) is 8.47. The van der Waals surface area contributed by atoms with Crippen LogP contribution >= 0.6 is 11.6 Å². The summed E-state index contributed by atoms with van der Waals surface area (Å²) in [7, 11) is 0. The molecule has 0 amide bonds. The maximum Gasteiger partial charge on any atom is 0.321 e. The van der Waals surface area contributed by atoms with Crippen LogP contribution < -0.4 is 5.32 Å². The Balaban J connectivity index is 1.91. The van der Waals surface area contributed by atoms with Gasteiger partial charge in [-0.05, 0) is 30.7 Å². The Morgan fingerprint density at radius 3 is 3.05 bits per heavy atom. The van der Waals surface area contributed by atoms with Crippen molar-refractivity contribution < 1.29 is 4.52 Å². The van der Waals surface area contributed by atoms with E-state index in [1.165, 1.54) is 0 Å². The Morgan fingerprint density at radius 1 is 1.37 bits per heavy atom. The zero-order valence-corrected chi connectivity index (χ0v) is 11.0. The number of fused-ring (bicyclic) bond motifs is 1. The third-order valence-corrected chi connectivity index (χ3v) is 2.92. The van der Waals surface area contributed by atoms with Crippen LogP contribution in [0.4, 0.5) is 6.01 Å². The molecule has 1 aromatic carbocycles. The summed E-state index contributed by atoms with van der Waals surface area (Å²) >= 11 is 6.10. The van der Waals surface area contributed by atoms with Crippen LogP contribution in [-0.2, 0) is 6.54 Å². The Kier molecular flexibility index (Phi) is 3.05. The van der Waals surface area contributed by atoms with Gasteiger partial charge in [0, 0.05) is 23.2 Å². The monoisotopic (exact) mass is 274 g/mol. The first-order valence-electron chi connectivity index (χ1n) is 5.80. The number of benzene rings is 1. The molecule has 19 heavy (non-hydrogen) atoms. The molecule has 96 valence electrons. The molecular weight excluding hydrogens is 264 g/mol. The number of aromatic nitrogens is 3. The minimum absolute atomic E-state index is 0.390. The number of halogens is 1. The lowest BCUT2D eigenvalue weighted by atomic mass is 10.1. The van der Waals surface area contributed by atoms with E-state index in [1.807, 2.05) is 24.3 Å². The molecule has 0 aliphatic carbocycles. The van der Waals surface area contributed by atoms with Crippen molar-refractivity contribution in [2.75, 3.05) is 5.32 Å². The summed E-state index contributed by atoms with van der Waals surface area (Å²) in [5.41, 5.74) is 1.90. The first-order chi connectivity index (χ1) is 9.22. The Morgan fingerprint density at radius 2 is 2.26 bits per heavy atom. The smallest absolute Gasteiger partial charge is 0.321 e. The van der Waals surface area contributed by atoms with Crippen molar-refractivity contribution in [3.63, 3.8) is 0 Å². The molecule has 0 spiro atoms. The first kappa shape index (κ1) is 11.9. The lowest BCUT2D eigenvalue weighted by Crippen LogP contribution is -2.01. The molecule has 0 aliphatic heterocycles. The van der Waals surface area contributed by atoms with E-state index in [9.17, 15) is 0 Å². The number of pyridine rings is 1. The van der Waals surface area contributed by atoms with Crippen molar-refractivity contribution in [2.24, 2.45) is 0 Å². The number of nitrogens with zero attached hydrogens (tertiary/aromatic N) is 3. The van der Waals surface area contributed by atoms with E-state index in [2.05, 4.69) is 20.4 Å². The minimum Gasteiger partial charge on any atom is -0.334 e. The quantitative estimate of drug-likeness (QED) is 0.795. The van der Waals surface area contributed by atoms with E-state index in [1.54, 1.807) is 13.1 Å². The SMILES string of the molecule is Cc1noc(NCc2cc(Cl)cc3cccnc23)n1. The molecule has 3 aromatic rings. The van der Waals surface area contributed by atoms with Gasteiger partial charge in [0.05, 0.1) is 5.52 Å². The van der Waals surface area contributed by atoms with Gasteiger partial charge in [-0.3, -0.25) is 4.98 Å². The fourth-order valence-corrected chi connectivity index (χ4v) is 2.15. The highest BCUT2D eigenvalue weighted by Gasteiger charge is 2.06. The van der Waals surface area contributed by atoms with Gasteiger partial charge in [0.15, 0.2) is 5.82 Å². The molecule has 0 radical (unpaired) electrons. The van der Waals surface area contributed by atoms with Gasteiger partial charge in [0.1, 0.15) is 0 Å². The van der Waals surface area contributed by atoms with Crippen molar-refractivity contribution >= 4 is 28.5 Å². The standard InChI is InChI=1S/C13H11ClN4O/c1-8-17-13(19-18-8)16-7-10-6-11(14)5-9-3-2-4-15-12(9)10/h2-6H,7H2,1H3,(H,16,17,18). The molecule has 0 saturated carbocycles. The lowest BCUT2D eigenvalue weighted by molar-refractivity contribution is 0.425. The molecule has 0 fully saturated rings. The second kappa shape index (κ2) is 4.85. The molecule has 0 saturated heterocycles. The largest absolute Gasteiger partial charge is 0.334 e. The van der Waals surface area contributed by atoms with Crippen molar-refractivity contribution in [1.29, 1.82) is 0 Å². The van der Waals surface area contributed by atoms with Crippen LogP contribution in [-0.4, -0.2) is 15.1 Å². The van der Waals surface area contributed by atoms with Crippen LogP contribution in [0.1, 0.15) is 11.4 Å². The Labute approximate surface area is 114 Å². The predicted octanol–water partition coefficient (Wildman–Crippen LogP) is 3.19. The van der Waals surface area contributed by atoms with E-state index in [4.69, 9.17) is 16.1 Å². The first-order valence-corrected chi connectivity index (χ1v) is 6.17. The van der Waals surface area contributed by atoms with Gasteiger partial charge in [0.2, 0.25) is 0 Å². The fourth-order valence-electron chi connectivity index (χ4n) is 1.90. The van der Waals surface area contributed by atoms with Gasteiger partial charge in [-0.25, -0.2) is 0 Å². The van der Waals surface area contributed by atoms with Crippen LogP contribution in [0.2, 0.25) is 5.02 Å². The van der Waals surface area contributed by atoms with E-state index >= 15 is 0 Å². The van der Waals surface area contributed by atoms with Gasteiger partial charge in [-0.1, -0.05) is 22.8 Å². The third kappa shape index (κ3) is 2.51. The Bertz CT molecular complexity index is 725. The molecular formula is C13H11ClN4O. The van der Waals surface area contributed by atoms with Crippen LogP contribution in [0.3, 0.4) is 0 Å². The minimum atomic E-state index is 0.390. The van der Waals surface area contributed by atoms with Crippen molar-refractivity contribution in [3.05, 3.63) is 46.9 Å². The fraction of sp³-hybridized carbons (Fsp3) is 0.154. The number of anilines is 1. The molecule has 3 rings (SSSR count). The number of rotatable bonds is 3. The van der Waals surface area contributed by atoms with Gasteiger partial charge in [0.25, 0.3) is 0 Å². The van der Waals surface area contributed by atoms with Gasteiger partial charge >= 0.3 is 6.01 Å². The highest BCUT2D eigenvalue weighted by molar-refractivity contribution is 6.31. The third-order valence-electron chi connectivity index (χ3n) is 2.71. The molecule has 2 aromatic heterocycles. The highest BCUT2D eigenvalue weighted by atomic mass is 35.5. The normalized spacial score (nSPS) is 10.8. The summed E-state index contributed by atoms with van der Waals surface area (Å²) in [6.45, 7) is 2.29. The Hall–Kier alpha value is -2.14. The van der Waals surface area contributed by atoms with Crippen LogP contribution in [0.25, 0.3) is 10.9 Å². The molecule has 1 N–H and O–H groups in total. The topological polar surface area (TPSA) is 63.8 Å². The predicted molar refractivity (Wildman–Crippen MR) is 73.1 cm³/mol. The van der Waals surface area contributed by atoms with Crippen LogP contribution in [0, 0.1) is 6.92 Å². The lowest BCUT2D eigenvalue weighted by Gasteiger charge is -2.06. The zero-order valence-electron chi connectivity index (χ0n) is 10.2. The summed E-state index contributed by atoms with van der Waals surface area (Å²) < 4.78 is 5.00.